The van der Waals surface area contributed by atoms with Gasteiger partial charge >= 0.3 is 60.0 Å². The van der Waals surface area contributed by atoms with Crippen molar-refractivity contribution in [1.29, 1.82) is 0 Å². The van der Waals surface area contributed by atoms with Crippen molar-refractivity contribution in [3.63, 3.8) is 0 Å². The van der Waals surface area contributed by atoms with Crippen molar-refractivity contribution < 1.29 is 9.90 Å². The van der Waals surface area contributed by atoms with E-state index in [4.69, 9.17) is 5.11 Å². The Labute approximate surface area is 72.7 Å². The molecule has 2 nitrogen and oxygen atoms in total. The summed E-state index contributed by atoms with van der Waals surface area (Å²) in [6.07, 6.45) is 1.23. The molecule has 0 atom stereocenters. The number of hydrogen-bond donors (Lipinski definition) is 1. The van der Waals surface area contributed by atoms with Crippen LogP contribution in [-0.2, 0) is 4.79 Å². The molecule has 0 aromatic carbocycles. The molecule has 0 aliphatic rings. The Hall–Kier alpha value is 0.318. The van der Waals surface area contributed by atoms with Gasteiger partial charge in [-0.2, -0.15) is 0 Å². The van der Waals surface area contributed by atoms with E-state index in [2.05, 4.69) is 11.4 Å². The Bertz CT molecular complexity index is 95.7. The maximum absolute atomic E-state index is 10.00. The number of carbonyl (C=O) groups is 1. The van der Waals surface area contributed by atoms with Crippen LogP contribution in [0.2, 0.25) is 16.6 Å². The molecule has 0 radical (unpaired) electrons. The number of hydrogen-bond acceptors (Lipinski definition) is 1. The Kier molecular flexibility index (Phi) is 9.62. The minimum atomic E-state index is -0.661. The monoisotopic (exact) mass is 228 g/mol. The van der Waals surface area contributed by atoms with Gasteiger partial charge in [-0.1, -0.05) is 0 Å². The zero-order chi connectivity index (χ0) is 7.28. The first-order valence-electron chi connectivity index (χ1n) is 2.99. The van der Waals surface area contributed by atoms with Crippen LogP contribution in [0.25, 0.3) is 0 Å². The molecule has 0 amide bonds. The molecule has 1 N–H and O–H groups in total. The van der Waals surface area contributed by atoms with Crippen LogP contribution in [-0.4, -0.2) is 25.7 Å². The van der Waals surface area contributed by atoms with E-state index in [0.29, 0.717) is 6.42 Å². The van der Waals surface area contributed by atoms with Gasteiger partial charge in [0.15, 0.2) is 0 Å². The van der Waals surface area contributed by atoms with Gasteiger partial charge in [-0.05, 0) is 0 Å². The molecule has 4 heteroatoms. The minimum absolute atomic E-state index is 0. The summed E-state index contributed by atoms with van der Waals surface area (Å²) < 4.78 is 0. The molecular weight excluding hydrogens is 214 g/mol. The van der Waals surface area contributed by atoms with Gasteiger partial charge in [0, 0.05) is 0 Å². The molecule has 0 spiro atoms. The Morgan fingerprint density at radius 3 is 2.30 bits per heavy atom. The van der Waals surface area contributed by atoms with Crippen LogP contribution < -0.4 is 0 Å². The van der Waals surface area contributed by atoms with Gasteiger partial charge in [0.2, 0.25) is 0 Å². The summed E-state index contributed by atoms with van der Waals surface area (Å²) in [6, 6.07) is 0. The molecule has 0 heterocycles. The Balaban J connectivity index is 0. The second-order valence-corrected chi connectivity index (χ2v) is 7.77. The fourth-order valence-electron chi connectivity index (χ4n) is 0.547. The molecule has 10 heavy (non-hydrogen) atoms. The topological polar surface area (TPSA) is 37.3 Å². The summed E-state index contributed by atoms with van der Waals surface area (Å²) in [7, 11) is 0. The normalized spacial score (nSPS) is 9.10. The molecule has 0 unspecified atom stereocenters. The zero-order valence-electron chi connectivity index (χ0n) is 6.33. The molecule has 0 saturated heterocycles. The third-order valence-corrected chi connectivity index (χ3v) is 3.54. The van der Waals surface area contributed by atoms with Crippen molar-refractivity contribution in [2.24, 2.45) is 0 Å². The summed E-state index contributed by atoms with van der Waals surface area (Å²) in [6.45, 7) is 0. The van der Waals surface area contributed by atoms with Crippen molar-refractivity contribution in [3.8, 4) is 0 Å². The van der Waals surface area contributed by atoms with Crippen molar-refractivity contribution >= 4 is 33.0 Å². The summed E-state index contributed by atoms with van der Waals surface area (Å²) in [5.41, 5.74) is 4.49. The summed E-state index contributed by atoms with van der Waals surface area (Å²) in [4.78, 5) is 10.00. The number of halogens is 1. The van der Waals surface area contributed by atoms with Gasteiger partial charge in [-0.25, -0.2) is 0 Å². The molecular formula is C6H14AsClO2. The van der Waals surface area contributed by atoms with Gasteiger partial charge in [-0.3, -0.25) is 0 Å². The van der Waals surface area contributed by atoms with Gasteiger partial charge in [0.05, 0.1) is 0 Å². The largest absolute Gasteiger partial charge is 0.147 e. The third-order valence-electron chi connectivity index (χ3n) is 0.996. The van der Waals surface area contributed by atoms with Crippen LogP contribution in [0.3, 0.4) is 0 Å². The van der Waals surface area contributed by atoms with Crippen molar-refractivity contribution in [2.75, 3.05) is 0 Å². The molecule has 0 bridgehead atoms. The van der Waals surface area contributed by atoms with E-state index >= 15 is 0 Å². The van der Waals surface area contributed by atoms with E-state index in [1.165, 1.54) is 5.21 Å². The predicted molar refractivity (Wildman–Crippen MR) is 46.4 cm³/mol. The summed E-state index contributed by atoms with van der Waals surface area (Å²) >= 11 is -0.549. The Morgan fingerprint density at radius 2 is 2.00 bits per heavy atom. The molecule has 0 aromatic heterocycles. The van der Waals surface area contributed by atoms with E-state index in [-0.39, 0.29) is 12.4 Å². The van der Waals surface area contributed by atoms with E-state index in [1.54, 1.807) is 0 Å². The molecule has 0 saturated carbocycles. The van der Waals surface area contributed by atoms with Crippen LogP contribution in [0.1, 0.15) is 12.8 Å². The molecule has 0 aromatic rings. The summed E-state index contributed by atoms with van der Waals surface area (Å²) in [5, 5.41) is 9.41. The number of aliphatic carboxylic acids is 1. The Morgan fingerprint density at radius 1 is 1.50 bits per heavy atom. The van der Waals surface area contributed by atoms with E-state index in [0.717, 1.165) is 6.42 Å². The average molecular weight is 229 g/mol. The van der Waals surface area contributed by atoms with Crippen molar-refractivity contribution in [1.82, 2.24) is 0 Å². The fraction of sp³-hybridized carbons (Fsp3) is 0.833. The molecule has 0 rings (SSSR count). The predicted octanol–water partition coefficient (Wildman–Crippen LogP) is 2.03. The minimum Gasteiger partial charge on any atom is -0.147 e. The smallest absolute Gasteiger partial charge is 0.147 e. The maximum Gasteiger partial charge on any atom is -0.147 e. The van der Waals surface area contributed by atoms with Crippen LogP contribution in [0.5, 0.6) is 0 Å². The first-order chi connectivity index (χ1) is 4.13. The molecule has 0 aliphatic carbocycles. The second-order valence-electron chi connectivity index (χ2n) is 2.30. The zero-order valence-corrected chi connectivity index (χ0v) is 9.03. The maximum atomic E-state index is 10.00. The third kappa shape index (κ3) is 11.2. The van der Waals surface area contributed by atoms with E-state index in [9.17, 15) is 4.79 Å². The number of carboxylic acid groups (broad SMARTS) is 1. The standard InChI is InChI=1S/C6H13AsO2.ClH/c1-7(2)5-3-4-6(8)9;/h3-5H2,1-2H3,(H,8,9);1H. The first-order valence-corrected chi connectivity index (χ1v) is 8.07. The quantitative estimate of drug-likeness (QED) is 0.748. The SMILES string of the molecule is C[As](C)CCCC(=O)O.Cl. The average Bonchev–Trinajstić information content (AvgIpc) is 1.63. The van der Waals surface area contributed by atoms with Crippen LogP contribution in [0, 0.1) is 0 Å². The van der Waals surface area contributed by atoms with Crippen LogP contribution >= 0.6 is 12.4 Å². The van der Waals surface area contributed by atoms with Crippen LogP contribution in [0.15, 0.2) is 0 Å². The van der Waals surface area contributed by atoms with E-state index in [1.807, 2.05) is 0 Å². The van der Waals surface area contributed by atoms with E-state index < -0.39 is 20.6 Å². The molecule has 0 fully saturated rings. The van der Waals surface area contributed by atoms with Gasteiger partial charge < -0.3 is 0 Å². The number of carboxylic acids is 1. The van der Waals surface area contributed by atoms with Crippen LogP contribution in [0.4, 0.5) is 0 Å². The van der Waals surface area contributed by atoms with Gasteiger partial charge in [0.25, 0.3) is 0 Å². The second kappa shape index (κ2) is 7.43. The number of rotatable bonds is 4. The first kappa shape index (κ1) is 12.9. The van der Waals surface area contributed by atoms with Crippen molar-refractivity contribution in [3.05, 3.63) is 0 Å². The molecule has 62 valence electrons. The van der Waals surface area contributed by atoms with Gasteiger partial charge in [-0.15, -0.1) is 12.4 Å². The molecule has 0 aliphatic heterocycles. The summed E-state index contributed by atoms with van der Waals surface area (Å²) in [5.74, 6) is -0.661. The van der Waals surface area contributed by atoms with Gasteiger partial charge in [0.1, 0.15) is 0 Å². The fourth-order valence-corrected chi connectivity index (χ4v) is 2.21. The van der Waals surface area contributed by atoms with Crippen molar-refractivity contribution in [2.45, 2.75) is 29.5 Å².